The third kappa shape index (κ3) is 2.31. The standard InChI is InChI=1S/C13H17N3O3/c1-14-5-4-9-7-16(13(17)15-9)10-2-3-11-12(6-10)19-8-18-11/h2-3,6,9,14H,4-5,7-8H2,1H3,(H,15,17). The van der Waals surface area contributed by atoms with Crippen molar-refractivity contribution in [2.45, 2.75) is 12.5 Å². The molecule has 1 atom stereocenters. The number of nitrogens with zero attached hydrogens (tertiary/aromatic N) is 1. The lowest BCUT2D eigenvalue weighted by Gasteiger charge is -2.15. The van der Waals surface area contributed by atoms with Gasteiger partial charge in [0.15, 0.2) is 11.5 Å². The van der Waals surface area contributed by atoms with Crippen molar-refractivity contribution in [1.29, 1.82) is 0 Å². The first-order chi connectivity index (χ1) is 9.28. The molecule has 1 aromatic rings. The number of carbonyl (C=O) groups is 1. The maximum atomic E-state index is 12.0. The second kappa shape index (κ2) is 4.97. The minimum atomic E-state index is -0.0556. The van der Waals surface area contributed by atoms with E-state index < -0.39 is 0 Å². The summed E-state index contributed by atoms with van der Waals surface area (Å²) in [6.07, 6.45) is 0.920. The molecule has 3 rings (SSSR count). The number of amides is 2. The highest BCUT2D eigenvalue weighted by Crippen LogP contribution is 2.36. The predicted octanol–water partition coefficient (Wildman–Crippen LogP) is 0.923. The third-order valence-electron chi connectivity index (χ3n) is 3.39. The number of nitrogens with one attached hydrogen (secondary N) is 2. The van der Waals surface area contributed by atoms with E-state index >= 15 is 0 Å². The lowest BCUT2D eigenvalue weighted by Crippen LogP contribution is -2.29. The van der Waals surface area contributed by atoms with Crippen molar-refractivity contribution in [2.75, 3.05) is 31.8 Å². The molecule has 2 aliphatic heterocycles. The van der Waals surface area contributed by atoms with E-state index in [4.69, 9.17) is 9.47 Å². The summed E-state index contributed by atoms with van der Waals surface area (Å²) in [5.41, 5.74) is 0.841. The van der Waals surface area contributed by atoms with Crippen LogP contribution in [0, 0.1) is 0 Å². The molecule has 2 heterocycles. The van der Waals surface area contributed by atoms with E-state index in [1.165, 1.54) is 0 Å². The van der Waals surface area contributed by atoms with Crippen LogP contribution >= 0.6 is 0 Å². The topological polar surface area (TPSA) is 62.8 Å². The Balaban J connectivity index is 1.73. The van der Waals surface area contributed by atoms with Gasteiger partial charge in [-0.25, -0.2) is 4.79 Å². The Kier molecular flexibility index (Phi) is 3.16. The van der Waals surface area contributed by atoms with Gasteiger partial charge in [0.05, 0.1) is 0 Å². The molecular formula is C13H17N3O3. The molecule has 0 aromatic heterocycles. The zero-order valence-electron chi connectivity index (χ0n) is 10.8. The second-order valence-corrected chi connectivity index (χ2v) is 4.69. The number of anilines is 1. The van der Waals surface area contributed by atoms with E-state index in [1.54, 1.807) is 4.90 Å². The van der Waals surface area contributed by atoms with Crippen LogP contribution in [0.25, 0.3) is 0 Å². The number of urea groups is 1. The van der Waals surface area contributed by atoms with Crippen LogP contribution in [0.3, 0.4) is 0 Å². The third-order valence-corrected chi connectivity index (χ3v) is 3.39. The lowest BCUT2D eigenvalue weighted by atomic mass is 10.2. The summed E-state index contributed by atoms with van der Waals surface area (Å²) in [6.45, 7) is 1.82. The van der Waals surface area contributed by atoms with Gasteiger partial charge < -0.3 is 20.1 Å². The van der Waals surface area contributed by atoms with E-state index in [0.29, 0.717) is 12.3 Å². The molecule has 1 saturated heterocycles. The van der Waals surface area contributed by atoms with Crippen LogP contribution in [0.2, 0.25) is 0 Å². The summed E-state index contributed by atoms with van der Waals surface area (Å²) in [5, 5.41) is 6.07. The summed E-state index contributed by atoms with van der Waals surface area (Å²) in [7, 11) is 1.91. The van der Waals surface area contributed by atoms with E-state index in [2.05, 4.69) is 10.6 Å². The highest BCUT2D eigenvalue weighted by atomic mass is 16.7. The molecule has 0 bridgehead atoms. The lowest BCUT2D eigenvalue weighted by molar-refractivity contribution is 0.174. The van der Waals surface area contributed by atoms with Crippen molar-refractivity contribution in [3.8, 4) is 11.5 Å². The van der Waals surface area contributed by atoms with Crippen LogP contribution in [-0.2, 0) is 0 Å². The first-order valence-electron chi connectivity index (χ1n) is 6.40. The van der Waals surface area contributed by atoms with Crippen molar-refractivity contribution in [3.63, 3.8) is 0 Å². The molecule has 6 nitrogen and oxygen atoms in total. The van der Waals surface area contributed by atoms with Crippen molar-refractivity contribution in [1.82, 2.24) is 10.6 Å². The molecule has 0 spiro atoms. The summed E-state index contributed by atoms with van der Waals surface area (Å²) in [5.74, 6) is 1.43. The fourth-order valence-electron chi connectivity index (χ4n) is 2.36. The van der Waals surface area contributed by atoms with Gasteiger partial charge in [0.2, 0.25) is 6.79 Å². The number of hydrogen-bond acceptors (Lipinski definition) is 4. The van der Waals surface area contributed by atoms with Crippen LogP contribution in [0.4, 0.5) is 10.5 Å². The van der Waals surface area contributed by atoms with Crippen molar-refractivity contribution in [3.05, 3.63) is 18.2 Å². The van der Waals surface area contributed by atoms with Crippen LogP contribution in [0.15, 0.2) is 18.2 Å². The molecule has 2 amide bonds. The summed E-state index contributed by atoms with van der Waals surface area (Å²) >= 11 is 0. The molecule has 1 fully saturated rings. The van der Waals surface area contributed by atoms with Crippen LogP contribution in [0.1, 0.15) is 6.42 Å². The number of carbonyl (C=O) groups excluding carboxylic acids is 1. The maximum Gasteiger partial charge on any atom is 0.322 e. The normalized spacial score (nSPS) is 20.8. The van der Waals surface area contributed by atoms with Gasteiger partial charge in [-0.2, -0.15) is 0 Å². The van der Waals surface area contributed by atoms with Gasteiger partial charge in [0, 0.05) is 24.3 Å². The van der Waals surface area contributed by atoms with E-state index in [0.717, 1.165) is 24.4 Å². The Morgan fingerprint density at radius 1 is 1.42 bits per heavy atom. The zero-order valence-corrected chi connectivity index (χ0v) is 10.8. The molecule has 0 aliphatic carbocycles. The molecule has 2 N–H and O–H groups in total. The van der Waals surface area contributed by atoms with Gasteiger partial charge in [-0.1, -0.05) is 0 Å². The highest BCUT2D eigenvalue weighted by molar-refractivity contribution is 5.94. The van der Waals surface area contributed by atoms with Crippen molar-refractivity contribution in [2.24, 2.45) is 0 Å². The minimum Gasteiger partial charge on any atom is -0.454 e. The molecule has 0 radical (unpaired) electrons. The average Bonchev–Trinajstić information content (AvgIpc) is 3.01. The molecule has 0 saturated carbocycles. The Hall–Kier alpha value is -1.95. The molecule has 1 unspecified atom stereocenters. The maximum absolute atomic E-state index is 12.0. The van der Waals surface area contributed by atoms with E-state index in [9.17, 15) is 4.79 Å². The summed E-state index contributed by atoms with van der Waals surface area (Å²) in [4.78, 5) is 13.7. The molecule has 6 heteroatoms. The number of rotatable bonds is 4. The van der Waals surface area contributed by atoms with Crippen LogP contribution in [-0.4, -0.2) is 39.0 Å². The number of fused-ring (bicyclic) bond motifs is 1. The molecule has 19 heavy (non-hydrogen) atoms. The largest absolute Gasteiger partial charge is 0.454 e. The first kappa shape index (κ1) is 12.1. The van der Waals surface area contributed by atoms with Crippen molar-refractivity contribution < 1.29 is 14.3 Å². The van der Waals surface area contributed by atoms with Gasteiger partial charge >= 0.3 is 6.03 Å². The van der Waals surface area contributed by atoms with Gasteiger partial charge in [0.25, 0.3) is 0 Å². The summed E-state index contributed by atoms with van der Waals surface area (Å²) in [6, 6.07) is 5.70. The Labute approximate surface area is 111 Å². The molecule has 1 aromatic carbocycles. The first-order valence-corrected chi connectivity index (χ1v) is 6.40. The number of ether oxygens (including phenoxy) is 2. The van der Waals surface area contributed by atoms with E-state index in [-0.39, 0.29) is 18.9 Å². The fourth-order valence-corrected chi connectivity index (χ4v) is 2.36. The van der Waals surface area contributed by atoms with Gasteiger partial charge in [-0.15, -0.1) is 0 Å². The second-order valence-electron chi connectivity index (χ2n) is 4.69. The Bertz CT molecular complexity index is 492. The molecule has 102 valence electrons. The Morgan fingerprint density at radius 2 is 2.26 bits per heavy atom. The van der Waals surface area contributed by atoms with Gasteiger partial charge in [0.1, 0.15) is 0 Å². The number of hydrogen-bond donors (Lipinski definition) is 2. The quantitative estimate of drug-likeness (QED) is 0.848. The van der Waals surface area contributed by atoms with Crippen LogP contribution in [0.5, 0.6) is 11.5 Å². The number of benzene rings is 1. The van der Waals surface area contributed by atoms with Gasteiger partial charge in [-0.05, 0) is 32.1 Å². The highest BCUT2D eigenvalue weighted by Gasteiger charge is 2.30. The summed E-state index contributed by atoms with van der Waals surface area (Å²) < 4.78 is 10.6. The molecule has 2 aliphatic rings. The molecular weight excluding hydrogens is 246 g/mol. The fraction of sp³-hybridized carbons (Fsp3) is 0.462. The van der Waals surface area contributed by atoms with Gasteiger partial charge in [-0.3, -0.25) is 4.90 Å². The average molecular weight is 263 g/mol. The Morgan fingerprint density at radius 3 is 3.11 bits per heavy atom. The zero-order chi connectivity index (χ0) is 13.2. The van der Waals surface area contributed by atoms with Crippen molar-refractivity contribution >= 4 is 11.7 Å². The van der Waals surface area contributed by atoms with Crippen LogP contribution < -0.4 is 25.0 Å². The monoisotopic (exact) mass is 263 g/mol. The van der Waals surface area contributed by atoms with E-state index in [1.807, 2.05) is 25.2 Å². The smallest absolute Gasteiger partial charge is 0.322 e. The SMILES string of the molecule is CNCCC1CN(c2ccc3c(c2)OCO3)C(=O)N1. The minimum absolute atomic E-state index is 0.0556. The predicted molar refractivity (Wildman–Crippen MR) is 70.8 cm³/mol.